The van der Waals surface area contributed by atoms with Crippen LogP contribution in [0.25, 0.3) is 0 Å². The molecule has 0 amide bonds. The van der Waals surface area contributed by atoms with E-state index in [9.17, 15) is 0 Å². The van der Waals surface area contributed by atoms with Gasteiger partial charge in [-0.1, -0.05) is 38.8 Å². The first-order valence-corrected chi connectivity index (χ1v) is 9.96. The van der Waals surface area contributed by atoms with Crippen molar-refractivity contribution in [1.29, 1.82) is 0 Å². The number of allylic oxidation sites excluding steroid dienone is 2. The average molecular weight is 327 g/mol. The van der Waals surface area contributed by atoms with E-state index in [2.05, 4.69) is 62.8 Å². The molecule has 2 atom stereocenters. The molecule has 0 fully saturated rings. The number of unbranched alkanes of at least 4 members (excludes halogenated alkanes) is 6. The normalized spacial score (nSPS) is 12.2. The predicted molar refractivity (Wildman–Crippen MR) is 110 cm³/mol. The van der Waals surface area contributed by atoms with Gasteiger partial charge in [0.25, 0.3) is 0 Å². The molecule has 0 heterocycles. The summed E-state index contributed by atoms with van der Waals surface area (Å²) in [4.78, 5) is 0. The fourth-order valence-corrected chi connectivity index (χ4v) is 2.75. The zero-order chi connectivity index (χ0) is 17.9. The van der Waals surface area contributed by atoms with E-state index in [1.165, 1.54) is 38.5 Å². The summed E-state index contributed by atoms with van der Waals surface area (Å²) in [6.07, 6.45) is 17.9. The number of hydrogen-bond acceptors (Lipinski definition) is 0. The van der Waals surface area contributed by atoms with Crippen molar-refractivity contribution in [3.63, 3.8) is 0 Å². The molecule has 0 saturated heterocycles. The number of rotatable bonds is 13. The second kappa shape index (κ2) is 17.9. The minimum absolute atomic E-state index is 0.535. The van der Waals surface area contributed by atoms with Crippen molar-refractivity contribution < 1.29 is 0 Å². The van der Waals surface area contributed by atoms with Crippen LogP contribution < -0.4 is 0 Å². The lowest BCUT2D eigenvalue weighted by Crippen LogP contribution is -2.10. The average Bonchev–Trinajstić information content (AvgIpc) is 2.61. The van der Waals surface area contributed by atoms with Gasteiger partial charge in [-0.05, 0) is 50.4 Å². The van der Waals surface area contributed by atoms with Crippen LogP contribution in [0.2, 0.25) is 0 Å². The molecular weight excluding hydrogens is 288 g/mol. The van der Waals surface area contributed by atoms with Crippen molar-refractivity contribution in [2.24, 2.45) is 11.8 Å². The van der Waals surface area contributed by atoms with Crippen LogP contribution in [0, 0.1) is 35.5 Å². The van der Waals surface area contributed by atoms with Gasteiger partial charge in [0.05, 0.1) is 0 Å². The van der Waals surface area contributed by atoms with Gasteiger partial charge in [-0.2, -0.15) is 0 Å². The molecule has 0 aliphatic heterocycles. The van der Waals surface area contributed by atoms with Gasteiger partial charge in [0.15, 0.2) is 0 Å². The highest BCUT2D eigenvalue weighted by atomic mass is 14.2. The van der Waals surface area contributed by atoms with Gasteiger partial charge in [0.2, 0.25) is 0 Å². The predicted octanol–water partition coefficient (Wildman–Crippen LogP) is 7.32. The molecular formula is C24H38. The molecule has 0 heteroatoms. The van der Waals surface area contributed by atoms with E-state index in [0.29, 0.717) is 11.8 Å². The molecule has 134 valence electrons. The van der Waals surface area contributed by atoms with E-state index >= 15 is 0 Å². The van der Waals surface area contributed by atoms with Crippen molar-refractivity contribution in [1.82, 2.24) is 0 Å². The molecule has 0 spiro atoms. The maximum atomic E-state index is 4.04. The van der Waals surface area contributed by atoms with Gasteiger partial charge in [0, 0.05) is 25.7 Å². The molecule has 0 saturated carbocycles. The van der Waals surface area contributed by atoms with Crippen molar-refractivity contribution in [3.05, 3.63) is 25.3 Å². The lowest BCUT2D eigenvalue weighted by molar-refractivity contribution is 0.406. The zero-order valence-electron chi connectivity index (χ0n) is 16.2. The summed E-state index contributed by atoms with van der Waals surface area (Å²) < 4.78 is 0. The van der Waals surface area contributed by atoms with Gasteiger partial charge < -0.3 is 0 Å². The summed E-state index contributed by atoms with van der Waals surface area (Å²) in [7, 11) is 0. The van der Waals surface area contributed by atoms with E-state index in [-0.39, 0.29) is 0 Å². The molecule has 0 aliphatic rings. The van der Waals surface area contributed by atoms with Crippen LogP contribution in [0.15, 0.2) is 25.3 Å². The second-order valence-electron chi connectivity index (χ2n) is 6.50. The quantitative estimate of drug-likeness (QED) is 0.189. The molecule has 0 aromatic rings. The highest BCUT2D eigenvalue weighted by Gasteiger charge is 2.14. The Bertz CT molecular complexity index is 378. The molecule has 0 rings (SSSR count). The van der Waals surface area contributed by atoms with E-state index in [1.807, 2.05) is 0 Å². The largest absolute Gasteiger partial charge is 0.103 e. The van der Waals surface area contributed by atoms with Crippen LogP contribution in [-0.2, 0) is 0 Å². The summed E-state index contributed by atoms with van der Waals surface area (Å²) in [5.41, 5.74) is 0. The Labute approximate surface area is 152 Å². The summed E-state index contributed by atoms with van der Waals surface area (Å²) in [6, 6.07) is 0. The lowest BCUT2D eigenvalue weighted by atomic mass is 9.84. The molecule has 0 bridgehead atoms. The van der Waals surface area contributed by atoms with Crippen LogP contribution in [0.5, 0.6) is 0 Å². The third-order valence-corrected chi connectivity index (χ3v) is 4.39. The van der Waals surface area contributed by atoms with E-state index in [1.54, 1.807) is 0 Å². The summed E-state index contributed by atoms with van der Waals surface area (Å²) in [6.45, 7) is 12.5. The first-order chi connectivity index (χ1) is 11.8. The zero-order valence-corrected chi connectivity index (χ0v) is 16.2. The molecule has 0 N–H and O–H groups in total. The van der Waals surface area contributed by atoms with Crippen LogP contribution in [0.4, 0.5) is 0 Å². The minimum atomic E-state index is 0.535. The van der Waals surface area contributed by atoms with Crippen molar-refractivity contribution in [2.45, 2.75) is 90.9 Å². The van der Waals surface area contributed by atoms with E-state index in [4.69, 9.17) is 0 Å². The molecule has 0 unspecified atom stereocenters. The summed E-state index contributed by atoms with van der Waals surface area (Å²) in [5.74, 6) is 14.2. The van der Waals surface area contributed by atoms with Gasteiger partial charge in [-0.3, -0.25) is 0 Å². The number of hydrogen-bond donors (Lipinski definition) is 0. The van der Waals surface area contributed by atoms with E-state index < -0.39 is 0 Å². The molecule has 0 aromatic heterocycles. The Hall–Kier alpha value is -1.40. The van der Waals surface area contributed by atoms with Crippen LogP contribution in [0.3, 0.4) is 0 Å². The topological polar surface area (TPSA) is 0 Å². The van der Waals surface area contributed by atoms with Crippen molar-refractivity contribution >= 4 is 0 Å². The third kappa shape index (κ3) is 13.1. The fourth-order valence-electron chi connectivity index (χ4n) is 2.75. The molecule has 0 aliphatic carbocycles. The maximum absolute atomic E-state index is 4.04. The fraction of sp³-hybridized carbons (Fsp3) is 0.667. The van der Waals surface area contributed by atoms with Crippen LogP contribution >= 0.6 is 0 Å². The van der Waals surface area contributed by atoms with Gasteiger partial charge >= 0.3 is 0 Å². The van der Waals surface area contributed by atoms with Gasteiger partial charge in [-0.25, -0.2) is 0 Å². The highest BCUT2D eigenvalue weighted by molar-refractivity contribution is 5.01. The monoisotopic (exact) mass is 326 g/mol. The molecule has 24 heavy (non-hydrogen) atoms. The van der Waals surface area contributed by atoms with Gasteiger partial charge in [0.1, 0.15) is 0 Å². The Morgan fingerprint density at radius 2 is 0.958 bits per heavy atom. The SMILES string of the molecule is C=C[C@H](CCCC#CCCCC)[C@@H](C=C)CCCC#CCCCC. The summed E-state index contributed by atoms with van der Waals surface area (Å²) >= 11 is 0. The highest BCUT2D eigenvalue weighted by Crippen LogP contribution is 2.25. The Morgan fingerprint density at radius 3 is 1.25 bits per heavy atom. The molecule has 0 nitrogen and oxygen atoms in total. The first-order valence-electron chi connectivity index (χ1n) is 9.96. The lowest BCUT2D eigenvalue weighted by Gasteiger charge is -2.20. The minimum Gasteiger partial charge on any atom is -0.103 e. The van der Waals surface area contributed by atoms with Gasteiger partial charge in [-0.15, -0.1) is 36.8 Å². The second-order valence-corrected chi connectivity index (χ2v) is 6.50. The van der Waals surface area contributed by atoms with E-state index in [0.717, 1.165) is 38.5 Å². The maximum Gasteiger partial charge on any atom is 0.00889 e. The van der Waals surface area contributed by atoms with Crippen molar-refractivity contribution in [3.8, 4) is 23.7 Å². The first kappa shape index (κ1) is 22.6. The molecule has 0 aromatic carbocycles. The molecule has 0 radical (unpaired) electrons. The van der Waals surface area contributed by atoms with Crippen LogP contribution in [0.1, 0.15) is 90.9 Å². The summed E-state index contributed by atoms with van der Waals surface area (Å²) in [5, 5.41) is 0. The smallest absolute Gasteiger partial charge is 0.00889 e. The third-order valence-electron chi connectivity index (χ3n) is 4.39. The Balaban J connectivity index is 4.01. The van der Waals surface area contributed by atoms with Crippen LogP contribution in [-0.4, -0.2) is 0 Å². The Kier molecular flexibility index (Phi) is 16.9. The Morgan fingerprint density at radius 1 is 0.625 bits per heavy atom. The standard InChI is InChI=1S/C24H38/c1-5-9-11-13-15-17-19-21-23(7-3)24(8-4)22-20-18-16-14-12-10-6-2/h7-8,23-24H,3-6,9-12,17-22H2,1-2H3/t23-,24+. The van der Waals surface area contributed by atoms with Crippen molar-refractivity contribution in [2.75, 3.05) is 0 Å².